The number of piperidine rings is 1. The Kier molecular flexibility index (Phi) is 4.34. The van der Waals surface area contributed by atoms with Crippen LogP contribution in [-0.4, -0.2) is 19.7 Å². The minimum absolute atomic E-state index is 0.658. The number of hydrogen-bond donors (Lipinski definition) is 1. The minimum atomic E-state index is 0.658. The van der Waals surface area contributed by atoms with Crippen LogP contribution in [0.5, 0.6) is 5.75 Å². The molecular weight excluding hydrogens is 224 g/mol. The number of ether oxygens (including phenoxy) is 1. The maximum Gasteiger partial charge on any atom is 0.144 e. The zero-order chi connectivity index (χ0) is 13.0. The van der Waals surface area contributed by atoms with E-state index >= 15 is 0 Å². The lowest BCUT2D eigenvalue weighted by atomic mass is 9.95. The number of benzene rings is 1. The number of nitrogens with zero attached hydrogens (tertiary/aromatic N) is 1. The van der Waals surface area contributed by atoms with Gasteiger partial charge in [0.1, 0.15) is 5.75 Å². The molecule has 18 heavy (non-hydrogen) atoms. The van der Waals surface area contributed by atoms with Gasteiger partial charge in [-0.1, -0.05) is 19.4 Å². The van der Waals surface area contributed by atoms with E-state index in [4.69, 9.17) is 10.5 Å². The van der Waals surface area contributed by atoms with Gasteiger partial charge in [0, 0.05) is 13.1 Å². The standard InChI is InChI=1S/C15H24N2O/c1-3-12-7-6-10-17(11-12)13-8-5-9-14(15(13)16)18-4-2/h5,8-9,12H,3-4,6-7,10-11,16H2,1-2H3. The number of nitrogen functional groups attached to an aromatic ring is 1. The van der Waals surface area contributed by atoms with Crippen molar-refractivity contribution in [1.82, 2.24) is 0 Å². The van der Waals surface area contributed by atoms with Gasteiger partial charge in [-0.3, -0.25) is 0 Å². The van der Waals surface area contributed by atoms with Crippen molar-refractivity contribution >= 4 is 11.4 Å². The first-order valence-corrected chi connectivity index (χ1v) is 7.02. The molecule has 1 aromatic carbocycles. The molecule has 1 heterocycles. The molecule has 1 unspecified atom stereocenters. The number of rotatable bonds is 4. The predicted molar refractivity (Wildman–Crippen MR) is 77.3 cm³/mol. The van der Waals surface area contributed by atoms with Crippen molar-refractivity contribution in [2.24, 2.45) is 5.92 Å². The van der Waals surface area contributed by atoms with E-state index in [9.17, 15) is 0 Å². The summed E-state index contributed by atoms with van der Waals surface area (Å²) in [5.41, 5.74) is 8.15. The van der Waals surface area contributed by atoms with E-state index in [1.807, 2.05) is 19.1 Å². The number of hydrogen-bond acceptors (Lipinski definition) is 3. The summed E-state index contributed by atoms with van der Waals surface area (Å²) < 4.78 is 5.57. The molecule has 2 N–H and O–H groups in total. The molecule has 0 aliphatic carbocycles. The molecule has 0 saturated carbocycles. The first-order valence-electron chi connectivity index (χ1n) is 7.02. The van der Waals surface area contributed by atoms with Crippen LogP contribution in [0.1, 0.15) is 33.1 Å². The van der Waals surface area contributed by atoms with Crippen molar-refractivity contribution in [3.63, 3.8) is 0 Å². The van der Waals surface area contributed by atoms with E-state index in [0.717, 1.165) is 36.1 Å². The normalized spacial score (nSPS) is 19.9. The van der Waals surface area contributed by atoms with Gasteiger partial charge in [-0.25, -0.2) is 0 Å². The molecule has 0 amide bonds. The largest absolute Gasteiger partial charge is 0.492 e. The second-order valence-corrected chi connectivity index (χ2v) is 4.98. The molecule has 1 saturated heterocycles. The van der Waals surface area contributed by atoms with Crippen molar-refractivity contribution in [2.45, 2.75) is 33.1 Å². The molecule has 1 atom stereocenters. The summed E-state index contributed by atoms with van der Waals surface area (Å²) in [5.74, 6) is 1.61. The molecule has 3 nitrogen and oxygen atoms in total. The van der Waals surface area contributed by atoms with Gasteiger partial charge in [-0.05, 0) is 37.8 Å². The predicted octanol–water partition coefficient (Wildman–Crippen LogP) is 3.29. The first kappa shape index (κ1) is 13.1. The highest BCUT2D eigenvalue weighted by atomic mass is 16.5. The summed E-state index contributed by atoms with van der Waals surface area (Å²) in [7, 11) is 0. The molecule has 3 heteroatoms. The van der Waals surface area contributed by atoms with Gasteiger partial charge < -0.3 is 15.4 Å². The summed E-state index contributed by atoms with van der Waals surface area (Å²) in [4.78, 5) is 2.41. The molecule has 1 aliphatic rings. The molecule has 0 bridgehead atoms. The second kappa shape index (κ2) is 5.98. The van der Waals surface area contributed by atoms with Gasteiger partial charge in [-0.15, -0.1) is 0 Å². The number of para-hydroxylation sites is 1. The Labute approximate surface area is 110 Å². The molecule has 100 valence electrons. The molecule has 2 rings (SSSR count). The highest BCUT2D eigenvalue weighted by molar-refractivity contribution is 5.74. The molecular formula is C15H24N2O. The fraction of sp³-hybridized carbons (Fsp3) is 0.600. The lowest BCUT2D eigenvalue weighted by Crippen LogP contribution is -2.35. The fourth-order valence-corrected chi connectivity index (χ4v) is 2.71. The first-order chi connectivity index (χ1) is 8.76. The van der Waals surface area contributed by atoms with Gasteiger partial charge in [-0.2, -0.15) is 0 Å². The van der Waals surface area contributed by atoms with E-state index in [1.165, 1.54) is 19.3 Å². The smallest absolute Gasteiger partial charge is 0.144 e. The fourth-order valence-electron chi connectivity index (χ4n) is 2.71. The van der Waals surface area contributed by atoms with E-state index in [-0.39, 0.29) is 0 Å². The molecule has 0 spiro atoms. The van der Waals surface area contributed by atoms with Gasteiger partial charge >= 0.3 is 0 Å². The number of nitrogens with two attached hydrogens (primary N) is 1. The van der Waals surface area contributed by atoms with Crippen molar-refractivity contribution in [1.29, 1.82) is 0 Å². The summed E-state index contributed by atoms with van der Waals surface area (Å²) in [6, 6.07) is 6.09. The molecule has 1 aliphatic heterocycles. The molecule has 0 aromatic heterocycles. The van der Waals surface area contributed by atoms with Crippen molar-refractivity contribution in [2.75, 3.05) is 30.3 Å². The average molecular weight is 248 g/mol. The molecule has 1 aromatic rings. The Morgan fingerprint density at radius 2 is 2.22 bits per heavy atom. The third kappa shape index (κ3) is 2.71. The van der Waals surface area contributed by atoms with Crippen LogP contribution in [-0.2, 0) is 0 Å². The Balaban J connectivity index is 2.19. The molecule has 0 radical (unpaired) electrons. The van der Waals surface area contributed by atoms with Gasteiger partial charge in [0.25, 0.3) is 0 Å². The van der Waals surface area contributed by atoms with E-state index < -0.39 is 0 Å². The van der Waals surface area contributed by atoms with Crippen molar-refractivity contribution in [3.05, 3.63) is 18.2 Å². The van der Waals surface area contributed by atoms with E-state index in [0.29, 0.717) is 6.61 Å². The maximum absolute atomic E-state index is 6.22. The lowest BCUT2D eigenvalue weighted by Gasteiger charge is -2.35. The Morgan fingerprint density at radius 1 is 1.39 bits per heavy atom. The number of anilines is 2. The van der Waals surface area contributed by atoms with Crippen LogP contribution in [0, 0.1) is 5.92 Å². The minimum Gasteiger partial charge on any atom is -0.492 e. The third-order valence-corrected chi connectivity index (χ3v) is 3.78. The SMILES string of the molecule is CCOc1cccc(N2CCCC(CC)C2)c1N. The van der Waals surface area contributed by atoms with E-state index in [1.54, 1.807) is 0 Å². The zero-order valence-corrected chi connectivity index (χ0v) is 11.5. The highest BCUT2D eigenvalue weighted by Gasteiger charge is 2.21. The summed E-state index contributed by atoms with van der Waals surface area (Å²) in [6.07, 6.45) is 3.86. The summed E-state index contributed by atoms with van der Waals surface area (Å²) in [6.45, 7) is 7.14. The van der Waals surface area contributed by atoms with Crippen molar-refractivity contribution < 1.29 is 4.74 Å². The van der Waals surface area contributed by atoms with Gasteiger partial charge in [0.05, 0.1) is 18.0 Å². The van der Waals surface area contributed by atoms with Crippen molar-refractivity contribution in [3.8, 4) is 5.75 Å². The average Bonchev–Trinajstić information content (AvgIpc) is 2.41. The van der Waals surface area contributed by atoms with E-state index in [2.05, 4.69) is 17.9 Å². The van der Waals surface area contributed by atoms with Crippen LogP contribution in [0.25, 0.3) is 0 Å². The van der Waals surface area contributed by atoms with Crippen LogP contribution < -0.4 is 15.4 Å². The summed E-state index contributed by atoms with van der Waals surface area (Å²) >= 11 is 0. The third-order valence-electron chi connectivity index (χ3n) is 3.78. The Morgan fingerprint density at radius 3 is 2.94 bits per heavy atom. The van der Waals surface area contributed by atoms with Crippen LogP contribution in [0.3, 0.4) is 0 Å². The lowest BCUT2D eigenvalue weighted by molar-refractivity contribution is 0.342. The Hall–Kier alpha value is -1.38. The van der Waals surface area contributed by atoms with Crippen LogP contribution in [0.4, 0.5) is 11.4 Å². The summed E-state index contributed by atoms with van der Waals surface area (Å²) in [5, 5.41) is 0. The van der Waals surface area contributed by atoms with Crippen LogP contribution in [0.15, 0.2) is 18.2 Å². The quantitative estimate of drug-likeness (QED) is 0.831. The molecule has 1 fully saturated rings. The van der Waals surface area contributed by atoms with Gasteiger partial charge in [0.2, 0.25) is 0 Å². The highest BCUT2D eigenvalue weighted by Crippen LogP contribution is 2.34. The monoisotopic (exact) mass is 248 g/mol. The maximum atomic E-state index is 6.22. The van der Waals surface area contributed by atoms with Crippen LogP contribution >= 0.6 is 0 Å². The zero-order valence-electron chi connectivity index (χ0n) is 11.5. The van der Waals surface area contributed by atoms with Gasteiger partial charge in [0.15, 0.2) is 0 Å². The topological polar surface area (TPSA) is 38.5 Å². The van der Waals surface area contributed by atoms with Crippen LogP contribution in [0.2, 0.25) is 0 Å². The second-order valence-electron chi connectivity index (χ2n) is 4.98. The Bertz CT molecular complexity index is 392.